The third-order valence-corrected chi connectivity index (χ3v) is 4.26. The molecule has 0 N–H and O–H groups in total. The van der Waals surface area contributed by atoms with Crippen molar-refractivity contribution in [3.05, 3.63) is 64.1 Å². The maximum Gasteiger partial charge on any atom is 0.228 e. The van der Waals surface area contributed by atoms with Crippen LogP contribution in [0.1, 0.15) is 24.5 Å². The maximum absolute atomic E-state index is 12.3. The summed E-state index contributed by atoms with van der Waals surface area (Å²) in [6.07, 6.45) is 0.444. The summed E-state index contributed by atoms with van der Waals surface area (Å²) in [5.41, 5.74) is 3.95. The van der Waals surface area contributed by atoms with Gasteiger partial charge in [0.25, 0.3) is 0 Å². The minimum absolute atomic E-state index is 0.127. The van der Waals surface area contributed by atoms with Gasteiger partial charge in [0.1, 0.15) is 0 Å². The van der Waals surface area contributed by atoms with Crippen LogP contribution in [-0.4, -0.2) is 24.7 Å². The lowest BCUT2D eigenvalue weighted by molar-refractivity contribution is -0.118. The second-order valence-electron chi connectivity index (χ2n) is 5.15. The van der Waals surface area contributed by atoms with Crippen LogP contribution in [0.3, 0.4) is 0 Å². The molecule has 0 saturated carbocycles. The topological polar surface area (TPSA) is 32.7 Å². The van der Waals surface area contributed by atoms with Crippen LogP contribution in [-0.2, 0) is 4.79 Å². The third-order valence-electron chi connectivity index (χ3n) is 3.76. The summed E-state index contributed by atoms with van der Waals surface area (Å²) in [7, 11) is 0. The van der Waals surface area contributed by atoms with Gasteiger partial charge >= 0.3 is 0 Å². The zero-order valence-electron chi connectivity index (χ0n) is 12.4. The third kappa shape index (κ3) is 2.83. The van der Waals surface area contributed by atoms with E-state index in [0.29, 0.717) is 19.5 Å². The van der Waals surface area contributed by atoms with E-state index in [0.717, 1.165) is 27.0 Å². The summed E-state index contributed by atoms with van der Waals surface area (Å²) in [6.45, 7) is 3.19. The Kier molecular flexibility index (Phi) is 4.39. The molecule has 112 valence electrons. The van der Waals surface area contributed by atoms with Crippen molar-refractivity contribution >= 4 is 33.2 Å². The summed E-state index contributed by atoms with van der Waals surface area (Å²) < 4.78 is 0.985. The second-order valence-corrected chi connectivity index (χ2v) is 6.06. The molecular formula is C18H17BrN2O. The first kappa shape index (κ1) is 15.0. The van der Waals surface area contributed by atoms with E-state index in [-0.39, 0.29) is 5.91 Å². The maximum atomic E-state index is 12.3. The number of anilines is 1. The molecule has 22 heavy (non-hydrogen) atoms. The molecule has 0 spiro atoms. The highest BCUT2D eigenvalue weighted by Gasteiger charge is 2.22. The zero-order chi connectivity index (χ0) is 15.5. The Labute approximate surface area is 138 Å². The molecule has 3 rings (SSSR count). The van der Waals surface area contributed by atoms with E-state index in [4.69, 9.17) is 4.99 Å². The lowest BCUT2D eigenvalue weighted by atomic mass is 9.99. The molecule has 3 nitrogen and oxygen atoms in total. The number of carbonyl (C=O) groups is 1. The molecular weight excluding hydrogens is 340 g/mol. The summed E-state index contributed by atoms with van der Waals surface area (Å²) >= 11 is 3.53. The summed E-state index contributed by atoms with van der Waals surface area (Å²) in [6, 6.07) is 16.1. The molecule has 0 bridgehead atoms. The first-order valence-corrected chi connectivity index (χ1v) is 8.20. The number of carbonyl (C=O) groups excluding carboxylic acids is 1. The largest absolute Gasteiger partial charge is 0.312 e. The van der Waals surface area contributed by atoms with Crippen molar-refractivity contribution in [2.45, 2.75) is 13.3 Å². The fraction of sp³-hybridized carbons (Fsp3) is 0.222. The van der Waals surface area contributed by atoms with Crippen LogP contribution in [0, 0.1) is 0 Å². The van der Waals surface area contributed by atoms with Crippen molar-refractivity contribution in [3.8, 4) is 0 Å². The predicted molar refractivity (Wildman–Crippen MR) is 93.7 cm³/mol. The number of amides is 1. The minimum Gasteiger partial charge on any atom is -0.312 e. The van der Waals surface area contributed by atoms with E-state index in [9.17, 15) is 4.79 Å². The second kappa shape index (κ2) is 6.44. The molecule has 0 atom stereocenters. The van der Waals surface area contributed by atoms with Gasteiger partial charge in [-0.05, 0) is 25.1 Å². The lowest BCUT2D eigenvalue weighted by Gasteiger charge is -2.26. The van der Waals surface area contributed by atoms with Crippen LogP contribution in [0.5, 0.6) is 0 Å². The van der Waals surface area contributed by atoms with Crippen molar-refractivity contribution in [1.82, 2.24) is 0 Å². The Morgan fingerprint density at radius 1 is 1.18 bits per heavy atom. The zero-order valence-corrected chi connectivity index (χ0v) is 14.0. The van der Waals surface area contributed by atoms with Gasteiger partial charge in [0.2, 0.25) is 5.91 Å². The van der Waals surface area contributed by atoms with E-state index in [1.54, 1.807) is 0 Å². The molecule has 0 unspecified atom stereocenters. The molecule has 1 heterocycles. The van der Waals surface area contributed by atoms with Crippen molar-refractivity contribution in [2.24, 2.45) is 4.99 Å². The molecule has 4 heteroatoms. The van der Waals surface area contributed by atoms with Gasteiger partial charge in [0, 0.05) is 35.1 Å². The normalized spacial score (nSPS) is 14.9. The Hall–Kier alpha value is -1.94. The van der Waals surface area contributed by atoms with E-state index in [1.807, 2.05) is 48.2 Å². The quantitative estimate of drug-likeness (QED) is 0.798. The first-order valence-electron chi connectivity index (χ1n) is 7.41. The minimum atomic E-state index is 0.127. The summed E-state index contributed by atoms with van der Waals surface area (Å²) in [4.78, 5) is 18.9. The van der Waals surface area contributed by atoms with Gasteiger partial charge in [-0.15, -0.1) is 0 Å². The monoisotopic (exact) mass is 356 g/mol. The number of aliphatic imine (C=N–C) groups is 1. The van der Waals surface area contributed by atoms with Gasteiger partial charge in [-0.2, -0.15) is 0 Å². The molecule has 2 aromatic carbocycles. The molecule has 0 aliphatic carbocycles. The fourth-order valence-electron chi connectivity index (χ4n) is 2.74. The van der Waals surface area contributed by atoms with Gasteiger partial charge in [-0.25, -0.2) is 0 Å². The molecule has 0 aromatic heterocycles. The molecule has 1 amide bonds. The highest BCUT2D eigenvalue weighted by molar-refractivity contribution is 9.10. The van der Waals surface area contributed by atoms with Crippen molar-refractivity contribution < 1.29 is 4.79 Å². The Bertz CT molecular complexity index is 725. The molecule has 0 saturated heterocycles. The summed E-state index contributed by atoms with van der Waals surface area (Å²) in [5, 5.41) is 0. The summed E-state index contributed by atoms with van der Waals surface area (Å²) in [5.74, 6) is 0.127. The van der Waals surface area contributed by atoms with E-state index in [2.05, 4.69) is 28.1 Å². The van der Waals surface area contributed by atoms with Crippen molar-refractivity contribution in [3.63, 3.8) is 0 Å². The van der Waals surface area contributed by atoms with Crippen LogP contribution in [0.15, 0.2) is 58.0 Å². The Balaban J connectivity index is 2.21. The van der Waals surface area contributed by atoms with Crippen LogP contribution >= 0.6 is 15.9 Å². The number of hydrogen-bond acceptors (Lipinski definition) is 2. The molecule has 1 aliphatic heterocycles. The Morgan fingerprint density at radius 3 is 2.68 bits per heavy atom. The number of halogens is 1. The number of fused-ring (bicyclic) bond motifs is 1. The number of rotatable bonds is 2. The van der Waals surface area contributed by atoms with Gasteiger partial charge in [0.05, 0.1) is 11.4 Å². The average molecular weight is 357 g/mol. The van der Waals surface area contributed by atoms with E-state index >= 15 is 0 Å². The van der Waals surface area contributed by atoms with Crippen LogP contribution in [0.4, 0.5) is 5.69 Å². The molecule has 0 radical (unpaired) electrons. The van der Waals surface area contributed by atoms with Gasteiger partial charge in [-0.1, -0.05) is 46.3 Å². The highest BCUT2D eigenvalue weighted by atomic mass is 79.9. The fourth-order valence-corrected chi connectivity index (χ4v) is 3.10. The Morgan fingerprint density at radius 2 is 1.95 bits per heavy atom. The predicted octanol–water partition coefficient (Wildman–Crippen LogP) is 4.04. The molecule has 2 aromatic rings. The average Bonchev–Trinajstić information content (AvgIpc) is 2.53. The highest BCUT2D eigenvalue weighted by Crippen LogP contribution is 2.29. The number of benzene rings is 2. The lowest BCUT2D eigenvalue weighted by Crippen LogP contribution is -2.33. The van der Waals surface area contributed by atoms with Crippen LogP contribution in [0.25, 0.3) is 0 Å². The standard InChI is InChI=1S/C18H17BrN2O/c1-2-21-16-9-8-14(19)12-15(16)18(20-11-10-17(21)22)13-6-4-3-5-7-13/h3-9,12H,2,10-11H2,1H3. The number of nitrogens with zero attached hydrogens (tertiary/aromatic N) is 2. The van der Waals surface area contributed by atoms with Crippen molar-refractivity contribution in [1.29, 1.82) is 0 Å². The SMILES string of the molecule is CCN1C(=O)CCN=C(c2ccccc2)c2cc(Br)ccc21. The van der Waals surface area contributed by atoms with Gasteiger partial charge in [0.15, 0.2) is 0 Å². The van der Waals surface area contributed by atoms with Crippen molar-refractivity contribution in [2.75, 3.05) is 18.0 Å². The first-order chi connectivity index (χ1) is 10.7. The van der Waals surface area contributed by atoms with E-state index in [1.165, 1.54) is 0 Å². The van der Waals surface area contributed by atoms with Crippen LogP contribution < -0.4 is 4.90 Å². The number of hydrogen-bond donors (Lipinski definition) is 0. The van der Waals surface area contributed by atoms with Crippen LogP contribution in [0.2, 0.25) is 0 Å². The van der Waals surface area contributed by atoms with Gasteiger partial charge in [-0.3, -0.25) is 9.79 Å². The van der Waals surface area contributed by atoms with Gasteiger partial charge < -0.3 is 4.90 Å². The molecule has 0 fully saturated rings. The smallest absolute Gasteiger partial charge is 0.228 e. The molecule has 1 aliphatic rings. The van der Waals surface area contributed by atoms with E-state index < -0.39 is 0 Å².